The number of benzene rings is 2. The molecule has 4 rings (SSSR count). The summed E-state index contributed by atoms with van der Waals surface area (Å²) in [5.41, 5.74) is 2.69. The van der Waals surface area contributed by atoms with Crippen molar-refractivity contribution in [3.8, 4) is 5.75 Å². The Labute approximate surface area is 184 Å². The summed E-state index contributed by atoms with van der Waals surface area (Å²) in [7, 11) is -2.20. The molecule has 1 N–H and O–H groups in total. The average Bonchev–Trinajstić information content (AvgIpc) is 3.23. The minimum Gasteiger partial charge on any atom is -0.495 e. The first-order chi connectivity index (χ1) is 14.9. The summed E-state index contributed by atoms with van der Waals surface area (Å²) in [6, 6.07) is 12.4. The number of para-hydroxylation sites is 1. The number of carbonyl (C=O) groups is 1. The predicted molar refractivity (Wildman–Crippen MR) is 121 cm³/mol. The minimum atomic E-state index is -3.67. The van der Waals surface area contributed by atoms with Crippen LogP contribution >= 0.6 is 0 Å². The molecule has 2 aliphatic heterocycles. The number of fused-ring (bicyclic) bond motifs is 1. The van der Waals surface area contributed by atoms with Gasteiger partial charge < -0.3 is 15.0 Å². The number of ether oxygens (including phenoxy) is 1. The van der Waals surface area contributed by atoms with Crippen LogP contribution < -0.4 is 15.0 Å². The second-order valence-electron chi connectivity index (χ2n) is 8.06. The second kappa shape index (κ2) is 8.88. The first-order valence-electron chi connectivity index (χ1n) is 10.8. The maximum absolute atomic E-state index is 13.2. The van der Waals surface area contributed by atoms with Crippen molar-refractivity contribution in [3.63, 3.8) is 0 Å². The first kappa shape index (κ1) is 21.6. The maximum Gasteiger partial charge on any atom is 0.249 e. The smallest absolute Gasteiger partial charge is 0.249 e. The fraction of sp³-hybridized carbons (Fsp3) is 0.435. The highest BCUT2D eigenvalue weighted by Gasteiger charge is 2.31. The highest BCUT2D eigenvalue weighted by atomic mass is 32.2. The zero-order valence-corrected chi connectivity index (χ0v) is 18.8. The molecule has 0 spiro atoms. The summed E-state index contributed by atoms with van der Waals surface area (Å²) in [5, 5.41) is 3.19. The Morgan fingerprint density at radius 2 is 1.81 bits per heavy atom. The number of nitrogens with zero attached hydrogens (tertiary/aromatic N) is 2. The van der Waals surface area contributed by atoms with Crippen molar-refractivity contribution < 1.29 is 17.9 Å². The summed E-state index contributed by atoms with van der Waals surface area (Å²) in [5.74, 6) is 0.268. The fourth-order valence-electron chi connectivity index (χ4n) is 4.33. The number of carbonyl (C=O) groups excluding carboxylic acids is 1. The highest BCUT2D eigenvalue weighted by Crippen LogP contribution is 2.32. The molecule has 0 radical (unpaired) electrons. The minimum absolute atomic E-state index is 0.0406. The van der Waals surface area contributed by atoms with Crippen LogP contribution in [0.2, 0.25) is 0 Å². The van der Waals surface area contributed by atoms with Gasteiger partial charge in [-0.3, -0.25) is 4.79 Å². The van der Waals surface area contributed by atoms with Crippen LogP contribution in [0.3, 0.4) is 0 Å². The van der Waals surface area contributed by atoms with E-state index in [1.165, 1.54) is 17.0 Å². The molecule has 166 valence electrons. The molecule has 1 saturated heterocycles. The number of nitrogens with one attached hydrogen (secondary N) is 1. The third kappa shape index (κ3) is 4.27. The Kier molecular flexibility index (Phi) is 6.20. The Hall–Kier alpha value is -2.58. The molecule has 1 atom stereocenters. The van der Waals surface area contributed by atoms with Crippen molar-refractivity contribution in [2.24, 2.45) is 0 Å². The van der Waals surface area contributed by atoms with E-state index in [9.17, 15) is 13.2 Å². The molecule has 31 heavy (non-hydrogen) atoms. The van der Waals surface area contributed by atoms with Gasteiger partial charge in [0.2, 0.25) is 15.9 Å². The normalized spacial score (nSPS) is 17.8. The molecule has 1 fully saturated rings. The van der Waals surface area contributed by atoms with E-state index >= 15 is 0 Å². The summed E-state index contributed by atoms with van der Waals surface area (Å²) >= 11 is 0. The monoisotopic (exact) mass is 443 g/mol. The number of anilines is 2. The van der Waals surface area contributed by atoms with Crippen LogP contribution in [0.4, 0.5) is 11.4 Å². The molecule has 0 unspecified atom stereocenters. The Morgan fingerprint density at radius 3 is 2.55 bits per heavy atom. The number of amides is 1. The summed E-state index contributed by atoms with van der Waals surface area (Å²) < 4.78 is 33.3. The van der Waals surface area contributed by atoms with Crippen LogP contribution in [-0.4, -0.2) is 51.4 Å². The van der Waals surface area contributed by atoms with Crippen molar-refractivity contribution in [2.45, 2.75) is 43.5 Å². The van der Waals surface area contributed by atoms with Gasteiger partial charge in [-0.25, -0.2) is 8.42 Å². The molecular formula is C23H29N3O4S. The van der Waals surface area contributed by atoms with Crippen molar-refractivity contribution >= 4 is 27.3 Å². The van der Waals surface area contributed by atoms with Gasteiger partial charge in [0.25, 0.3) is 0 Å². The van der Waals surface area contributed by atoms with Gasteiger partial charge in [0.1, 0.15) is 16.7 Å². The zero-order chi connectivity index (χ0) is 22.0. The average molecular weight is 444 g/mol. The van der Waals surface area contributed by atoms with E-state index in [-0.39, 0.29) is 10.8 Å². The van der Waals surface area contributed by atoms with Crippen LogP contribution in [-0.2, 0) is 21.2 Å². The Balaban J connectivity index is 1.55. The highest BCUT2D eigenvalue weighted by molar-refractivity contribution is 7.89. The van der Waals surface area contributed by atoms with E-state index in [4.69, 9.17) is 4.74 Å². The van der Waals surface area contributed by atoms with Gasteiger partial charge in [-0.1, -0.05) is 24.6 Å². The van der Waals surface area contributed by atoms with Gasteiger partial charge >= 0.3 is 0 Å². The molecule has 0 bridgehead atoms. The molecule has 2 aromatic rings. The Bertz CT molecular complexity index is 1060. The molecule has 0 saturated carbocycles. The number of hydrogen-bond acceptors (Lipinski definition) is 5. The second-order valence-corrected chi connectivity index (χ2v) is 9.97. The lowest BCUT2D eigenvalue weighted by Crippen LogP contribution is -2.40. The molecule has 1 amide bonds. The largest absolute Gasteiger partial charge is 0.495 e. The fourth-order valence-corrected chi connectivity index (χ4v) is 6.02. The number of sulfonamides is 1. The molecule has 2 aliphatic rings. The summed E-state index contributed by atoms with van der Waals surface area (Å²) in [6.45, 7) is 3.49. The van der Waals surface area contributed by atoms with Gasteiger partial charge in [-0.2, -0.15) is 4.31 Å². The lowest BCUT2D eigenvalue weighted by Gasteiger charge is -2.27. The lowest BCUT2D eigenvalue weighted by molar-refractivity contribution is -0.118. The SMILES string of the molecule is COc1ccc(N[C@H](C)C(=O)N2CCc3ccccc32)cc1S(=O)(=O)N1CCCCC1. The maximum atomic E-state index is 13.2. The lowest BCUT2D eigenvalue weighted by atomic mass is 10.2. The van der Waals surface area contributed by atoms with E-state index in [1.807, 2.05) is 24.3 Å². The first-order valence-corrected chi connectivity index (χ1v) is 12.2. The summed E-state index contributed by atoms with van der Waals surface area (Å²) in [4.78, 5) is 15.0. The number of hydrogen-bond donors (Lipinski definition) is 1. The summed E-state index contributed by atoms with van der Waals surface area (Å²) in [6.07, 6.45) is 3.62. The predicted octanol–water partition coefficient (Wildman–Crippen LogP) is 3.26. The van der Waals surface area contributed by atoms with E-state index < -0.39 is 16.1 Å². The van der Waals surface area contributed by atoms with Gasteiger partial charge in [-0.15, -0.1) is 0 Å². The third-order valence-corrected chi connectivity index (χ3v) is 7.92. The number of methoxy groups -OCH3 is 1. The molecule has 0 aromatic heterocycles. The topological polar surface area (TPSA) is 79.0 Å². The number of piperidine rings is 1. The van der Waals surface area contributed by atoms with Crippen LogP contribution in [0.1, 0.15) is 31.7 Å². The van der Waals surface area contributed by atoms with E-state index in [2.05, 4.69) is 5.32 Å². The van der Waals surface area contributed by atoms with Gasteiger partial charge in [0, 0.05) is 31.0 Å². The van der Waals surface area contributed by atoms with Crippen molar-refractivity contribution in [1.82, 2.24) is 4.31 Å². The Morgan fingerprint density at radius 1 is 1.06 bits per heavy atom. The van der Waals surface area contributed by atoms with E-state index in [1.54, 1.807) is 30.0 Å². The van der Waals surface area contributed by atoms with Crippen LogP contribution in [0, 0.1) is 0 Å². The van der Waals surface area contributed by atoms with E-state index in [0.717, 1.165) is 31.4 Å². The van der Waals surface area contributed by atoms with Crippen molar-refractivity contribution in [2.75, 3.05) is 37.0 Å². The molecule has 2 heterocycles. The standard InChI is InChI=1S/C23H29N3O4S/c1-17(23(27)26-15-12-18-8-4-5-9-20(18)26)24-19-10-11-21(30-2)22(16-19)31(28,29)25-13-6-3-7-14-25/h4-5,8-11,16-17,24H,3,6-7,12-15H2,1-2H3/t17-/m1/s1. The zero-order valence-electron chi connectivity index (χ0n) is 18.0. The van der Waals surface area contributed by atoms with Crippen LogP contribution in [0.5, 0.6) is 5.75 Å². The number of rotatable bonds is 6. The van der Waals surface area contributed by atoms with Crippen molar-refractivity contribution in [1.29, 1.82) is 0 Å². The third-order valence-electron chi connectivity index (χ3n) is 6.00. The van der Waals surface area contributed by atoms with Gasteiger partial charge in [0.05, 0.1) is 7.11 Å². The molecule has 7 nitrogen and oxygen atoms in total. The van der Waals surface area contributed by atoms with Gasteiger partial charge in [0.15, 0.2) is 0 Å². The van der Waals surface area contributed by atoms with Crippen molar-refractivity contribution in [3.05, 3.63) is 48.0 Å². The quantitative estimate of drug-likeness (QED) is 0.741. The van der Waals surface area contributed by atoms with Crippen LogP contribution in [0.15, 0.2) is 47.4 Å². The van der Waals surface area contributed by atoms with Gasteiger partial charge in [-0.05, 0) is 56.0 Å². The molecule has 8 heteroatoms. The molecule has 2 aromatic carbocycles. The molecular weight excluding hydrogens is 414 g/mol. The van der Waals surface area contributed by atoms with E-state index in [0.29, 0.717) is 31.1 Å². The van der Waals surface area contributed by atoms with Crippen LogP contribution in [0.25, 0.3) is 0 Å². The molecule has 0 aliphatic carbocycles.